The normalized spacial score (nSPS) is 50.8. The van der Waals surface area contributed by atoms with Crippen molar-refractivity contribution in [1.29, 1.82) is 0 Å². The van der Waals surface area contributed by atoms with Crippen molar-refractivity contribution >= 4 is 11.9 Å². The standard InChI is InChI=1S/C24H36O6/c1-5-7-16(25)28-14-12-24-15(23(4)11-6-10-22(2,3)18(14)23)9-8-13-17(24)20(29-19(13)26)30-21(24)27/h13-15,17-18,20-21,27H,5-12H2,1-4H3. The van der Waals surface area contributed by atoms with E-state index in [1.807, 2.05) is 6.92 Å². The smallest absolute Gasteiger partial charge is 0.311 e. The van der Waals surface area contributed by atoms with Crippen LogP contribution in [-0.4, -0.2) is 35.7 Å². The van der Waals surface area contributed by atoms with Crippen molar-refractivity contribution in [2.45, 2.75) is 97.7 Å². The molecule has 30 heavy (non-hydrogen) atoms. The lowest BCUT2D eigenvalue weighted by Crippen LogP contribution is -2.66. The number of esters is 2. The zero-order chi connectivity index (χ0) is 21.5. The summed E-state index contributed by atoms with van der Waals surface area (Å²) < 4.78 is 17.6. The van der Waals surface area contributed by atoms with Crippen molar-refractivity contribution < 1.29 is 28.9 Å². The van der Waals surface area contributed by atoms with Crippen LogP contribution in [0.2, 0.25) is 0 Å². The average molecular weight is 421 g/mol. The molecule has 168 valence electrons. The molecule has 9 atom stereocenters. The molecule has 3 aliphatic carbocycles. The molecule has 5 rings (SSSR count). The predicted molar refractivity (Wildman–Crippen MR) is 108 cm³/mol. The second-order valence-electron chi connectivity index (χ2n) is 11.5. The number of hydrogen-bond donors (Lipinski definition) is 1. The first-order valence-electron chi connectivity index (χ1n) is 11.9. The first-order valence-corrected chi connectivity index (χ1v) is 11.9. The Morgan fingerprint density at radius 2 is 2.00 bits per heavy atom. The maximum absolute atomic E-state index is 12.6. The summed E-state index contributed by atoms with van der Waals surface area (Å²) in [7, 11) is 0. The summed E-state index contributed by atoms with van der Waals surface area (Å²) >= 11 is 0. The zero-order valence-corrected chi connectivity index (χ0v) is 18.7. The van der Waals surface area contributed by atoms with Crippen LogP contribution in [-0.2, 0) is 23.8 Å². The molecule has 2 saturated heterocycles. The topological polar surface area (TPSA) is 82.1 Å². The van der Waals surface area contributed by atoms with Gasteiger partial charge in [0.2, 0.25) is 6.29 Å². The SMILES string of the molecule is CCCC(=O)OC1CC23C(O)OC4OC(=O)C(CCC2C2(C)CCCC(C)(C)C12)C43. The summed E-state index contributed by atoms with van der Waals surface area (Å²) in [5, 5.41) is 11.3. The molecule has 1 spiro atoms. The molecule has 1 N–H and O–H groups in total. The van der Waals surface area contributed by atoms with Gasteiger partial charge >= 0.3 is 11.9 Å². The van der Waals surface area contributed by atoms with Gasteiger partial charge in [-0.15, -0.1) is 0 Å². The Hall–Kier alpha value is -1.14. The molecule has 5 fully saturated rings. The lowest BCUT2D eigenvalue weighted by molar-refractivity contribution is -0.267. The second-order valence-corrected chi connectivity index (χ2v) is 11.5. The van der Waals surface area contributed by atoms with Gasteiger partial charge in [0, 0.05) is 23.7 Å². The van der Waals surface area contributed by atoms with Gasteiger partial charge in [-0.3, -0.25) is 9.59 Å². The van der Waals surface area contributed by atoms with Crippen molar-refractivity contribution in [2.75, 3.05) is 0 Å². The molecule has 2 aliphatic heterocycles. The van der Waals surface area contributed by atoms with E-state index in [4.69, 9.17) is 14.2 Å². The van der Waals surface area contributed by atoms with Gasteiger partial charge in [0.05, 0.1) is 5.92 Å². The van der Waals surface area contributed by atoms with E-state index in [1.54, 1.807) is 0 Å². The number of fused-ring (bicyclic) bond motifs is 2. The molecule has 0 radical (unpaired) electrons. The summed E-state index contributed by atoms with van der Waals surface area (Å²) in [5.41, 5.74) is -0.614. The molecular formula is C24H36O6. The fourth-order valence-corrected chi connectivity index (χ4v) is 8.87. The third-order valence-corrected chi connectivity index (χ3v) is 9.57. The minimum atomic E-state index is -0.983. The lowest BCUT2D eigenvalue weighted by atomic mass is 9.38. The summed E-state index contributed by atoms with van der Waals surface area (Å²) in [4.78, 5) is 25.1. The molecule has 6 heteroatoms. The van der Waals surface area contributed by atoms with Gasteiger partial charge in [0.25, 0.3) is 0 Å². The maximum atomic E-state index is 12.6. The number of ether oxygens (including phenoxy) is 3. The molecule has 5 aliphatic rings. The maximum Gasteiger partial charge on any atom is 0.311 e. The summed E-state index contributed by atoms with van der Waals surface area (Å²) in [6.45, 7) is 8.96. The van der Waals surface area contributed by atoms with Crippen LogP contribution in [0.3, 0.4) is 0 Å². The fourth-order valence-electron chi connectivity index (χ4n) is 8.87. The molecule has 0 aromatic heterocycles. The Labute approximate surface area is 179 Å². The van der Waals surface area contributed by atoms with Gasteiger partial charge in [0.1, 0.15) is 6.10 Å². The highest BCUT2D eigenvalue weighted by atomic mass is 16.8. The predicted octanol–water partition coefficient (Wildman–Crippen LogP) is 3.79. The van der Waals surface area contributed by atoms with Crippen molar-refractivity contribution in [3.05, 3.63) is 0 Å². The molecule has 0 bridgehead atoms. The molecule has 0 amide bonds. The Morgan fingerprint density at radius 3 is 2.73 bits per heavy atom. The summed E-state index contributed by atoms with van der Waals surface area (Å²) in [6, 6.07) is 0. The monoisotopic (exact) mass is 420 g/mol. The van der Waals surface area contributed by atoms with E-state index in [2.05, 4.69) is 20.8 Å². The van der Waals surface area contributed by atoms with Crippen LogP contribution in [0.25, 0.3) is 0 Å². The number of hydrogen-bond acceptors (Lipinski definition) is 6. The minimum absolute atomic E-state index is 0.0500. The first-order chi connectivity index (χ1) is 14.1. The third-order valence-electron chi connectivity index (χ3n) is 9.57. The Balaban J connectivity index is 1.61. The van der Waals surface area contributed by atoms with E-state index in [0.29, 0.717) is 12.8 Å². The molecule has 0 aromatic rings. The summed E-state index contributed by atoms with van der Waals surface area (Å²) in [6.07, 6.45) is 4.80. The van der Waals surface area contributed by atoms with Crippen LogP contribution in [0, 0.1) is 39.9 Å². The summed E-state index contributed by atoms with van der Waals surface area (Å²) in [5.74, 6) is -0.244. The van der Waals surface area contributed by atoms with Crippen LogP contribution in [0.15, 0.2) is 0 Å². The highest BCUT2D eigenvalue weighted by molar-refractivity contribution is 5.76. The molecule has 0 aromatic carbocycles. The van der Waals surface area contributed by atoms with E-state index in [0.717, 1.165) is 38.5 Å². The van der Waals surface area contributed by atoms with E-state index in [9.17, 15) is 14.7 Å². The van der Waals surface area contributed by atoms with E-state index in [-0.39, 0.29) is 52.5 Å². The molecule has 3 saturated carbocycles. The van der Waals surface area contributed by atoms with Crippen molar-refractivity contribution in [3.63, 3.8) is 0 Å². The Bertz CT molecular complexity index is 748. The molecule has 9 unspecified atom stereocenters. The molecular weight excluding hydrogens is 384 g/mol. The number of aliphatic hydroxyl groups excluding tert-OH is 1. The van der Waals surface area contributed by atoms with Gasteiger partial charge in [-0.2, -0.15) is 0 Å². The Kier molecular flexibility index (Phi) is 4.62. The van der Waals surface area contributed by atoms with Gasteiger partial charge in [-0.05, 0) is 55.3 Å². The fraction of sp³-hybridized carbons (Fsp3) is 0.917. The number of aliphatic hydroxyl groups is 1. The van der Waals surface area contributed by atoms with Crippen LogP contribution >= 0.6 is 0 Å². The quantitative estimate of drug-likeness (QED) is 0.700. The van der Waals surface area contributed by atoms with Crippen molar-refractivity contribution in [1.82, 2.24) is 0 Å². The van der Waals surface area contributed by atoms with Gasteiger partial charge in [-0.1, -0.05) is 34.1 Å². The van der Waals surface area contributed by atoms with Crippen LogP contribution < -0.4 is 0 Å². The highest BCUT2D eigenvalue weighted by Crippen LogP contribution is 2.73. The molecule has 6 nitrogen and oxygen atoms in total. The lowest BCUT2D eigenvalue weighted by Gasteiger charge is -2.66. The number of carbonyl (C=O) groups is 2. The van der Waals surface area contributed by atoms with E-state index in [1.165, 1.54) is 0 Å². The number of carbonyl (C=O) groups excluding carboxylic acids is 2. The van der Waals surface area contributed by atoms with Crippen LogP contribution in [0.4, 0.5) is 0 Å². The van der Waals surface area contributed by atoms with E-state index >= 15 is 0 Å². The van der Waals surface area contributed by atoms with Crippen LogP contribution in [0.1, 0.15) is 79.1 Å². The first kappa shape index (κ1) is 20.7. The van der Waals surface area contributed by atoms with Crippen molar-refractivity contribution in [3.8, 4) is 0 Å². The minimum Gasteiger partial charge on any atom is -0.462 e. The van der Waals surface area contributed by atoms with Gasteiger partial charge < -0.3 is 19.3 Å². The zero-order valence-electron chi connectivity index (χ0n) is 18.7. The van der Waals surface area contributed by atoms with Gasteiger partial charge in [0.15, 0.2) is 6.29 Å². The van der Waals surface area contributed by atoms with Gasteiger partial charge in [-0.25, -0.2) is 0 Å². The van der Waals surface area contributed by atoms with Crippen molar-refractivity contribution in [2.24, 2.45) is 39.9 Å². The third kappa shape index (κ3) is 2.55. The highest BCUT2D eigenvalue weighted by Gasteiger charge is 2.76. The molecule has 2 heterocycles. The van der Waals surface area contributed by atoms with Crippen LogP contribution in [0.5, 0.6) is 0 Å². The Morgan fingerprint density at radius 1 is 1.23 bits per heavy atom. The van der Waals surface area contributed by atoms with E-state index < -0.39 is 18.0 Å². The largest absolute Gasteiger partial charge is 0.462 e. The number of rotatable bonds is 3. The average Bonchev–Trinajstić information content (AvgIpc) is 3.10. The second kappa shape index (κ2) is 6.68.